The molecule has 2 heterocycles. The average molecular weight is 359 g/mol. The van der Waals surface area contributed by atoms with E-state index in [0.717, 1.165) is 13.1 Å². The Kier molecular flexibility index (Phi) is 3.83. The Morgan fingerprint density at radius 1 is 0.926 bits per heavy atom. The Bertz CT molecular complexity index is 1010. The van der Waals surface area contributed by atoms with Gasteiger partial charge in [0.2, 0.25) is 11.8 Å². The molecular formula is C22H21N3O2. The van der Waals surface area contributed by atoms with Crippen LogP contribution in [0.3, 0.4) is 0 Å². The minimum absolute atomic E-state index is 0.0230. The monoisotopic (exact) mass is 359 g/mol. The third-order valence-corrected chi connectivity index (χ3v) is 5.77. The van der Waals surface area contributed by atoms with Crippen molar-refractivity contribution in [2.75, 3.05) is 26.2 Å². The second kappa shape index (κ2) is 6.35. The first-order chi connectivity index (χ1) is 13.2. The lowest BCUT2D eigenvalue weighted by Gasteiger charge is -2.43. The fourth-order valence-corrected chi connectivity index (χ4v) is 4.39. The molecule has 5 nitrogen and oxygen atoms in total. The van der Waals surface area contributed by atoms with Gasteiger partial charge in [-0.05, 0) is 33.2 Å². The number of fused-ring (bicyclic) bond motifs is 3. The van der Waals surface area contributed by atoms with E-state index in [1.807, 2.05) is 0 Å². The predicted molar refractivity (Wildman–Crippen MR) is 105 cm³/mol. The summed E-state index contributed by atoms with van der Waals surface area (Å²) in [5.74, 6) is -0.0167. The standard InChI is InChI=1S/C22H21N3O2/c26-21-12-23-22(27)20-14-24(9-10-25(20)21)13-19-17-7-3-1-5-15(17)11-16-6-2-4-8-18(16)19/h1-8,11,20H,9-10,12-14H2,(H,23,27). The number of benzene rings is 3. The van der Waals surface area contributed by atoms with E-state index in [2.05, 4.69) is 64.8 Å². The molecule has 1 unspecified atom stereocenters. The van der Waals surface area contributed by atoms with Crippen molar-refractivity contribution in [3.8, 4) is 0 Å². The zero-order chi connectivity index (χ0) is 18.4. The fraction of sp³-hybridized carbons (Fsp3) is 0.273. The summed E-state index contributed by atoms with van der Waals surface area (Å²) < 4.78 is 0. The average Bonchev–Trinajstić information content (AvgIpc) is 2.71. The molecule has 5 heteroatoms. The van der Waals surface area contributed by atoms with Crippen LogP contribution in [0.2, 0.25) is 0 Å². The van der Waals surface area contributed by atoms with Crippen molar-refractivity contribution in [2.45, 2.75) is 12.6 Å². The van der Waals surface area contributed by atoms with E-state index in [1.54, 1.807) is 4.90 Å². The Labute approximate surface area is 157 Å². The highest BCUT2D eigenvalue weighted by Crippen LogP contribution is 2.30. The minimum Gasteiger partial charge on any atom is -0.345 e. The van der Waals surface area contributed by atoms with Crippen LogP contribution in [0, 0.1) is 0 Å². The van der Waals surface area contributed by atoms with E-state index < -0.39 is 0 Å². The van der Waals surface area contributed by atoms with Gasteiger partial charge in [0.25, 0.3) is 0 Å². The second-order valence-electron chi connectivity index (χ2n) is 7.35. The Morgan fingerprint density at radius 2 is 1.59 bits per heavy atom. The number of nitrogens with one attached hydrogen (secondary N) is 1. The zero-order valence-corrected chi connectivity index (χ0v) is 15.0. The van der Waals surface area contributed by atoms with Crippen LogP contribution < -0.4 is 5.32 Å². The summed E-state index contributed by atoms with van der Waals surface area (Å²) in [6.07, 6.45) is 0. The minimum atomic E-state index is -0.374. The Balaban J connectivity index is 1.52. The van der Waals surface area contributed by atoms with Gasteiger partial charge in [-0.2, -0.15) is 0 Å². The van der Waals surface area contributed by atoms with Gasteiger partial charge in [0.1, 0.15) is 6.04 Å². The van der Waals surface area contributed by atoms with Crippen molar-refractivity contribution in [2.24, 2.45) is 0 Å². The zero-order valence-electron chi connectivity index (χ0n) is 15.0. The largest absolute Gasteiger partial charge is 0.345 e. The van der Waals surface area contributed by atoms with Crippen LogP contribution in [0.1, 0.15) is 5.56 Å². The van der Waals surface area contributed by atoms with Crippen LogP contribution in [0.5, 0.6) is 0 Å². The molecule has 2 fully saturated rings. The van der Waals surface area contributed by atoms with Gasteiger partial charge in [0.05, 0.1) is 6.54 Å². The van der Waals surface area contributed by atoms with Gasteiger partial charge in [-0.25, -0.2) is 0 Å². The lowest BCUT2D eigenvalue weighted by Crippen LogP contribution is -2.65. The van der Waals surface area contributed by atoms with Crippen molar-refractivity contribution in [1.29, 1.82) is 0 Å². The molecule has 3 aromatic carbocycles. The molecule has 0 aliphatic carbocycles. The van der Waals surface area contributed by atoms with Crippen LogP contribution >= 0.6 is 0 Å². The summed E-state index contributed by atoms with van der Waals surface area (Å²) in [6, 6.07) is 18.8. The summed E-state index contributed by atoms with van der Waals surface area (Å²) in [5, 5.41) is 7.69. The van der Waals surface area contributed by atoms with Gasteiger partial charge in [-0.3, -0.25) is 14.5 Å². The quantitative estimate of drug-likeness (QED) is 0.713. The number of carbonyl (C=O) groups is 2. The van der Waals surface area contributed by atoms with Crippen LogP contribution in [0.15, 0.2) is 54.6 Å². The van der Waals surface area contributed by atoms with E-state index in [9.17, 15) is 9.59 Å². The number of rotatable bonds is 2. The Hall–Kier alpha value is -2.92. The predicted octanol–water partition coefficient (Wildman–Crippen LogP) is 2.14. The first-order valence-corrected chi connectivity index (χ1v) is 9.39. The van der Waals surface area contributed by atoms with E-state index >= 15 is 0 Å². The van der Waals surface area contributed by atoms with Gasteiger partial charge in [-0.15, -0.1) is 0 Å². The molecule has 3 aromatic rings. The molecule has 1 atom stereocenters. The van der Waals surface area contributed by atoms with Gasteiger partial charge < -0.3 is 10.2 Å². The van der Waals surface area contributed by atoms with Gasteiger partial charge in [-0.1, -0.05) is 48.5 Å². The van der Waals surface area contributed by atoms with E-state index in [4.69, 9.17) is 0 Å². The molecule has 2 aliphatic rings. The van der Waals surface area contributed by atoms with Crippen LogP contribution in [-0.4, -0.2) is 53.8 Å². The van der Waals surface area contributed by atoms with E-state index in [0.29, 0.717) is 13.1 Å². The summed E-state index contributed by atoms with van der Waals surface area (Å²) in [6.45, 7) is 2.87. The van der Waals surface area contributed by atoms with Crippen LogP contribution in [-0.2, 0) is 16.1 Å². The molecule has 2 amide bonds. The lowest BCUT2D eigenvalue weighted by molar-refractivity contribution is -0.149. The molecular weight excluding hydrogens is 338 g/mol. The number of carbonyl (C=O) groups excluding carboxylic acids is 2. The smallest absolute Gasteiger partial charge is 0.244 e. The number of hydrogen-bond donors (Lipinski definition) is 1. The summed E-state index contributed by atoms with van der Waals surface area (Å²) >= 11 is 0. The first-order valence-electron chi connectivity index (χ1n) is 9.39. The molecule has 1 N–H and O–H groups in total. The van der Waals surface area contributed by atoms with Crippen molar-refractivity contribution in [3.05, 3.63) is 60.2 Å². The number of amides is 2. The normalized spacial score (nSPS) is 20.7. The highest BCUT2D eigenvalue weighted by Gasteiger charge is 2.38. The first kappa shape index (κ1) is 16.3. The lowest BCUT2D eigenvalue weighted by atomic mass is 9.96. The van der Waals surface area contributed by atoms with Crippen molar-refractivity contribution >= 4 is 33.4 Å². The SMILES string of the molecule is O=C1NCC(=O)N2CCN(Cc3c4ccccc4cc4ccccc34)CC12. The Morgan fingerprint density at radius 3 is 2.30 bits per heavy atom. The van der Waals surface area contributed by atoms with Gasteiger partial charge in [0, 0.05) is 26.2 Å². The third-order valence-electron chi connectivity index (χ3n) is 5.77. The highest BCUT2D eigenvalue weighted by molar-refractivity contribution is 6.02. The van der Waals surface area contributed by atoms with E-state index in [-0.39, 0.29) is 24.4 Å². The summed E-state index contributed by atoms with van der Waals surface area (Å²) in [5.41, 5.74) is 1.29. The maximum Gasteiger partial charge on any atom is 0.244 e. The second-order valence-corrected chi connectivity index (χ2v) is 7.35. The molecule has 2 aliphatic heterocycles. The molecule has 0 saturated carbocycles. The molecule has 27 heavy (non-hydrogen) atoms. The van der Waals surface area contributed by atoms with Crippen molar-refractivity contribution < 1.29 is 9.59 Å². The fourth-order valence-electron chi connectivity index (χ4n) is 4.39. The molecule has 5 rings (SSSR count). The van der Waals surface area contributed by atoms with Crippen molar-refractivity contribution in [3.63, 3.8) is 0 Å². The van der Waals surface area contributed by atoms with Crippen molar-refractivity contribution in [1.82, 2.24) is 15.1 Å². The number of hydrogen-bond acceptors (Lipinski definition) is 3. The molecule has 0 radical (unpaired) electrons. The van der Waals surface area contributed by atoms with Gasteiger partial charge in [0.15, 0.2) is 0 Å². The molecule has 0 bridgehead atoms. The van der Waals surface area contributed by atoms with Crippen LogP contribution in [0.25, 0.3) is 21.5 Å². The molecule has 0 aromatic heterocycles. The number of nitrogens with zero attached hydrogens (tertiary/aromatic N) is 2. The molecule has 136 valence electrons. The third kappa shape index (κ3) is 2.75. The highest BCUT2D eigenvalue weighted by atomic mass is 16.2. The maximum absolute atomic E-state index is 12.3. The number of piperazine rings is 2. The molecule has 0 spiro atoms. The van der Waals surface area contributed by atoms with Crippen LogP contribution in [0.4, 0.5) is 0 Å². The summed E-state index contributed by atoms with van der Waals surface area (Å²) in [7, 11) is 0. The summed E-state index contributed by atoms with van der Waals surface area (Å²) in [4.78, 5) is 28.4. The molecule has 2 saturated heterocycles. The topological polar surface area (TPSA) is 52.7 Å². The van der Waals surface area contributed by atoms with Gasteiger partial charge >= 0.3 is 0 Å². The van der Waals surface area contributed by atoms with E-state index in [1.165, 1.54) is 27.1 Å². The maximum atomic E-state index is 12.3.